The van der Waals surface area contributed by atoms with Crippen LogP contribution in [-0.2, 0) is 16.4 Å². The van der Waals surface area contributed by atoms with Crippen molar-refractivity contribution >= 4 is 9.84 Å². The van der Waals surface area contributed by atoms with E-state index in [0.717, 1.165) is 0 Å². The summed E-state index contributed by atoms with van der Waals surface area (Å²) >= 11 is 0. The predicted molar refractivity (Wildman–Crippen MR) is 101 cm³/mol. The average Bonchev–Trinajstić information content (AvgIpc) is 2.61. The van der Waals surface area contributed by atoms with E-state index in [9.17, 15) is 26.8 Å². The quantitative estimate of drug-likeness (QED) is 0.637. The van der Waals surface area contributed by atoms with Crippen LogP contribution in [-0.4, -0.2) is 42.5 Å². The van der Waals surface area contributed by atoms with Crippen molar-refractivity contribution in [3.63, 3.8) is 0 Å². The monoisotopic (exact) mass is 416 g/mol. The number of hydrogen-bond donors (Lipinski definition) is 1. The van der Waals surface area contributed by atoms with Crippen LogP contribution >= 0.6 is 0 Å². The fraction of sp³-hybridized carbons (Fsp3) is 0.444. The summed E-state index contributed by atoms with van der Waals surface area (Å²) < 4.78 is 55.4. The van der Waals surface area contributed by atoms with Crippen molar-refractivity contribution in [1.82, 2.24) is 9.55 Å². The van der Waals surface area contributed by atoms with Crippen LogP contribution in [0.4, 0.5) is 8.78 Å². The summed E-state index contributed by atoms with van der Waals surface area (Å²) in [7, 11) is -3.41. The zero-order valence-corrected chi connectivity index (χ0v) is 16.1. The minimum Gasteiger partial charge on any atom is -0.488 e. The Kier molecular flexibility index (Phi) is 7.50. The summed E-state index contributed by atoms with van der Waals surface area (Å²) in [5, 5.41) is 0. The molecule has 0 amide bonds. The smallest absolute Gasteiger partial charge is 0.328 e. The first kappa shape index (κ1) is 21.8. The molecule has 1 aromatic carbocycles. The average molecular weight is 416 g/mol. The predicted octanol–water partition coefficient (Wildman–Crippen LogP) is 1.79. The standard InChI is InChI=1S/C18H22F2N2O5S/c1-13(14-4-2-5-15(10-14)27-11-16(19)20)12-28(25,26)9-3-7-22-8-6-17(23)21-18(22)24/h2,4-6,8,10,13,16H,3,7,9,11-12H2,1H3,(H,21,23,24)/t13-/m0/s1. The molecule has 0 saturated carbocycles. The number of sulfone groups is 1. The van der Waals surface area contributed by atoms with Crippen molar-refractivity contribution in [2.75, 3.05) is 18.1 Å². The Morgan fingerprint density at radius 1 is 1.21 bits per heavy atom. The third kappa shape index (κ3) is 6.91. The second-order valence-electron chi connectivity index (χ2n) is 6.45. The molecule has 10 heteroatoms. The molecule has 2 aromatic rings. The van der Waals surface area contributed by atoms with Gasteiger partial charge in [0.1, 0.15) is 12.4 Å². The van der Waals surface area contributed by atoms with E-state index >= 15 is 0 Å². The Bertz CT molecular complexity index is 1000. The molecule has 0 bridgehead atoms. The number of aryl methyl sites for hydroxylation is 1. The fourth-order valence-electron chi connectivity index (χ4n) is 2.71. The van der Waals surface area contributed by atoms with Gasteiger partial charge >= 0.3 is 5.69 Å². The molecular formula is C18H22F2N2O5S. The molecule has 0 radical (unpaired) electrons. The number of aromatic nitrogens is 2. The highest BCUT2D eigenvalue weighted by atomic mass is 32.2. The highest BCUT2D eigenvalue weighted by molar-refractivity contribution is 7.91. The highest BCUT2D eigenvalue weighted by Gasteiger charge is 2.18. The second kappa shape index (κ2) is 9.63. The molecule has 28 heavy (non-hydrogen) atoms. The number of alkyl halides is 2. The summed E-state index contributed by atoms with van der Waals surface area (Å²) in [6, 6.07) is 7.63. The molecule has 0 saturated heterocycles. The third-order valence-electron chi connectivity index (χ3n) is 4.06. The summed E-state index contributed by atoms with van der Waals surface area (Å²) in [4.78, 5) is 24.7. The molecule has 0 unspecified atom stereocenters. The number of nitrogens with zero attached hydrogens (tertiary/aromatic N) is 1. The lowest BCUT2D eigenvalue weighted by atomic mass is 10.0. The number of benzene rings is 1. The normalized spacial score (nSPS) is 12.9. The molecule has 0 aliphatic heterocycles. The van der Waals surface area contributed by atoms with Crippen LogP contribution in [0.1, 0.15) is 24.8 Å². The van der Waals surface area contributed by atoms with Crippen molar-refractivity contribution in [3.8, 4) is 5.75 Å². The van der Waals surface area contributed by atoms with E-state index in [-0.39, 0.29) is 36.1 Å². The molecule has 1 N–H and O–H groups in total. The summed E-state index contributed by atoms with van der Waals surface area (Å²) in [6.45, 7) is 1.18. The van der Waals surface area contributed by atoms with Crippen molar-refractivity contribution in [1.29, 1.82) is 0 Å². The maximum atomic E-state index is 12.4. The van der Waals surface area contributed by atoms with Gasteiger partial charge in [-0.15, -0.1) is 0 Å². The number of ether oxygens (including phenoxy) is 1. The zero-order valence-electron chi connectivity index (χ0n) is 15.3. The maximum absolute atomic E-state index is 12.4. The van der Waals surface area contributed by atoms with E-state index in [1.807, 2.05) is 0 Å². The van der Waals surface area contributed by atoms with E-state index in [0.29, 0.717) is 5.56 Å². The Hall–Kier alpha value is -2.49. The topological polar surface area (TPSA) is 98.2 Å². The lowest BCUT2D eigenvalue weighted by molar-refractivity contribution is 0.0818. The molecule has 0 aliphatic carbocycles. The van der Waals surface area contributed by atoms with Crippen molar-refractivity contribution < 1.29 is 21.9 Å². The Morgan fingerprint density at radius 3 is 2.64 bits per heavy atom. The number of aromatic amines is 1. The number of hydrogen-bond acceptors (Lipinski definition) is 5. The van der Waals surface area contributed by atoms with Crippen molar-refractivity contribution in [3.05, 3.63) is 62.9 Å². The molecule has 0 aliphatic rings. The van der Waals surface area contributed by atoms with Crippen LogP contribution in [0.2, 0.25) is 0 Å². The first-order chi connectivity index (χ1) is 13.2. The molecule has 154 valence electrons. The Balaban J connectivity index is 1.93. The zero-order chi connectivity index (χ0) is 20.7. The van der Waals surface area contributed by atoms with Gasteiger partial charge in [-0.05, 0) is 30.0 Å². The van der Waals surface area contributed by atoms with Crippen LogP contribution < -0.4 is 16.0 Å². The van der Waals surface area contributed by atoms with Crippen LogP contribution in [0.3, 0.4) is 0 Å². The molecule has 0 fully saturated rings. The summed E-state index contributed by atoms with van der Waals surface area (Å²) in [5.41, 5.74) is -0.423. The van der Waals surface area contributed by atoms with Gasteiger partial charge in [-0.2, -0.15) is 0 Å². The third-order valence-corrected chi connectivity index (χ3v) is 5.98. The van der Waals surface area contributed by atoms with E-state index in [1.54, 1.807) is 25.1 Å². The van der Waals surface area contributed by atoms with E-state index < -0.39 is 34.1 Å². The van der Waals surface area contributed by atoms with Crippen LogP contribution in [0.15, 0.2) is 46.1 Å². The maximum Gasteiger partial charge on any atom is 0.328 e. The largest absolute Gasteiger partial charge is 0.488 e. The van der Waals surface area contributed by atoms with Gasteiger partial charge in [0.25, 0.3) is 12.0 Å². The molecule has 0 spiro atoms. The summed E-state index contributed by atoms with van der Waals surface area (Å²) in [6.07, 6.45) is -1.05. The van der Waals surface area contributed by atoms with Crippen molar-refractivity contribution in [2.45, 2.75) is 32.2 Å². The van der Waals surface area contributed by atoms with Gasteiger partial charge in [0.05, 0.1) is 11.5 Å². The van der Waals surface area contributed by atoms with Gasteiger partial charge in [-0.1, -0.05) is 19.1 Å². The van der Waals surface area contributed by atoms with Crippen LogP contribution in [0, 0.1) is 0 Å². The molecule has 1 atom stereocenters. The molecule has 1 heterocycles. The lowest BCUT2D eigenvalue weighted by Crippen LogP contribution is -2.29. The summed E-state index contributed by atoms with van der Waals surface area (Å²) in [5.74, 6) is -0.327. The molecule has 2 rings (SSSR count). The minimum absolute atomic E-state index is 0.119. The fourth-order valence-corrected chi connectivity index (χ4v) is 4.40. The second-order valence-corrected chi connectivity index (χ2v) is 8.68. The van der Waals surface area contributed by atoms with Crippen LogP contribution in [0.25, 0.3) is 0 Å². The minimum atomic E-state index is -3.41. The number of nitrogens with one attached hydrogen (secondary N) is 1. The van der Waals surface area contributed by atoms with Gasteiger partial charge in [0.15, 0.2) is 9.84 Å². The molecule has 1 aromatic heterocycles. The Labute approximate surface area is 160 Å². The van der Waals surface area contributed by atoms with E-state index in [1.165, 1.54) is 22.9 Å². The Morgan fingerprint density at radius 2 is 1.96 bits per heavy atom. The number of H-pyrrole nitrogens is 1. The van der Waals surface area contributed by atoms with E-state index in [2.05, 4.69) is 4.98 Å². The molecule has 7 nitrogen and oxygen atoms in total. The van der Waals surface area contributed by atoms with Gasteiger partial charge in [0, 0.05) is 18.8 Å². The van der Waals surface area contributed by atoms with Gasteiger partial charge in [-0.25, -0.2) is 22.0 Å². The molecular weight excluding hydrogens is 394 g/mol. The van der Waals surface area contributed by atoms with E-state index in [4.69, 9.17) is 4.74 Å². The lowest BCUT2D eigenvalue weighted by Gasteiger charge is -2.14. The van der Waals surface area contributed by atoms with Gasteiger partial charge in [0.2, 0.25) is 0 Å². The first-order valence-electron chi connectivity index (χ1n) is 8.67. The first-order valence-corrected chi connectivity index (χ1v) is 10.5. The SMILES string of the molecule is C[C@@H](CS(=O)(=O)CCCn1ccc(=O)[nH]c1=O)c1cccc(OCC(F)F)c1. The van der Waals surface area contributed by atoms with Crippen molar-refractivity contribution in [2.24, 2.45) is 0 Å². The van der Waals surface area contributed by atoms with Gasteiger partial charge in [-0.3, -0.25) is 9.78 Å². The highest BCUT2D eigenvalue weighted by Crippen LogP contribution is 2.23. The van der Waals surface area contributed by atoms with Crippen LogP contribution in [0.5, 0.6) is 5.75 Å². The number of halogens is 2. The van der Waals surface area contributed by atoms with Gasteiger partial charge < -0.3 is 9.30 Å². The number of rotatable bonds is 10.